The van der Waals surface area contributed by atoms with E-state index in [1.54, 1.807) is 0 Å². The molecule has 4 heteroatoms. The summed E-state index contributed by atoms with van der Waals surface area (Å²) in [5.74, 6) is 1.15. The van der Waals surface area contributed by atoms with E-state index in [2.05, 4.69) is 17.1 Å². The molecule has 1 saturated heterocycles. The molecule has 0 radical (unpaired) electrons. The molecule has 2 fully saturated rings. The maximum Gasteiger partial charge on any atom is 0.223 e. The van der Waals surface area contributed by atoms with Crippen molar-refractivity contribution in [2.75, 3.05) is 39.4 Å². The molecule has 2 atom stereocenters. The molecule has 1 heterocycles. The summed E-state index contributed by atoms with van der Waals surface area (Å²) >= 11 is 0. The van der Waals surface area contributed by atoms with Crippen LogP contribution in [0.25, 0.3) is 0 Å². The van der Waals surface area contributed by atoms with E-state index >= 15 is 0 Å². The van der Waals surface area contributed by atoms with Crippen LogP contribution in [0, 0.1) is 11.8 Å². The van der Waals surface area contributed by atoms with E-state index in [4.69, 9.17) is 4.74 Å². The van der Waals surface area contributed by atoms with Crippen molar-refractivity contribution in [2.45, 2.75) is 13.3 Å². The second-order valence-electron chi connectivity index (χ2n) is 4.56. The lowest BCUT2D eigenvalue weighted by Crippen LogP contribution is -2.41. The van der Waals surface area contributed by atoms with E-state index in [-0.39, 0.29) is 5.91 Å². The number of carbonyl (C=O) groups excluding carboxylic acids is 1. The van der Waals surface area contributed by atoms with E-state index in [1.807, 2.05) is 0 Å². The molecule has 0 aromatic heterocycles. The van der Waals surface area contributed by atoms with E-state index in [1.165, 1.54) is 0 Å². The Labute approximate surface area is 91.0 Å². The summed E-state index contributed by atoms with van der Waals surface area (Å²) in [4.78, 5) is 13.8. The van der Waals surface area contributed by atoms with Gasteiger partial charge in [-0.25, -0.2) is 0 Å². The van der Waals surface area contributed by atoms with E-state index < -0.39 is 0 Å². The Kier molecular flexibility index (Phi) is 3.59. The number of nitrogens with zero attached hydrogens (tertiary/aromatic N) is 1. The maximum atomic E-state index is 11.5. The Bertz CT molecular complexity index is 227. The van der Waals surface area contributed by atoms with Crippen LogP contribution in [0.2, 0.25) is 0 Å². The highest BCUT2D eigenvalue weighted by atomic mass is 16.5. The monoisotopic (exact) mass is 212 g/mol. The lowest BCUT2D eigenvalue weighted by molar-refractivity contribution is -0.122. The average Bonchev–Trinajstić information content (AvgIpc) is 2.97. The van der Waals surface area contributed by atoms with Crippen molar-refractivity contribution < 1.29 is 9.53 Å². The van der Waals surface area contributed by atoms with Gasteiger partial charge in [0.05, 0.1) is 13.2 Å². The lowest BCUT2D eigenvalue weighted by Gasteiger charge is -2.26. The first-order valence-electron chi connectivity index (χ1n) is 5.85. The highest BCUT2D eigenvalue weighted by Crippen LogP contribution is 2.37. The van der Waals surface area contributed by atoms with Crippen LogP contribution in [0.15, 0.2) is 0 Å². The average molecular weight is 212 g/mol. The van der Waals surface area contributed by atoms with Gasteiger partial charge in [-0.3, -0.25) is 9.69 Å². The van der Waals surface area contributed by atoms with Gasteiger partial charge in [0.25, 0.3) is 0 Å². The van der Waals surface area contributed by atoms with Crippen LogP contribution >= 0.6 is 0 Å². The predicted molar refractivity (Wildman–Crippen MR) is 57.5 cm³/mol. The standard InChI is InChI=1S/C11H20N2O2/c1-9-8-10(9)11(14)12-2-3-13-4-6-15-7-5-13/h9-10H,2-8H2,1H3,(H,12,14)/t9-,10+/m1/s1. The van der Waals surface area contributed by atoms with Crippen molar-refractivity contribution in [3.8, 4) is 0 Å². The van der Waals surface area contributed by atoms with Crippen LogP contribution in [0.4, 0.5) is 0 Å². The number of hydrogen-bond donors (Lipinski definition) is 1. The summed E-state index contributed by atoms with van der Waals surface area (Å²) in [5, 5.41) is 3.00. The van der Waals surface area contributed by atoms with Crippen LogP contribution in [0.3, 0.4) is 0 Å². The minimum absolute atomic E-state index is 0.246. The summed E-state index contributed by atoms with van der Waals surface area (Å²) in [5.41, 5.74) is 0. The van der Waals surface area contributed by atoms with Gasteiger partial charge in [-0.05, 0) is 12.3 Å². The quantitative estimate of drug-likeness (QED) is 0.718. The van der Waals surface area contributed by atoms with Crippen LogP contribution in [-0.2, 0) is 9.53 Å². The third-order valence-corrected chi connectivity index (χ3v) is 3.28. The van der Waals surface area contributed by atoms with Crippen LogP contribution in [-0.4, -0.2) is 50.2 Å². The topological polar surface area (TPSA) is 41.6 Å². The molecule has 4 nitrogen and oxygen atoms in total. The van der Waals surface area contributed by atoms with Gasteiger partial charge < -0.3 is 10.1 Å². The molecule has 1 amide bonds. The van der Waals surface area contributed by atoms with Gasteiger partial charge in [0.15, 0.2) is 0 Å². The van der Waals surface area contributed by atoms with Crippen molar-refractivity contribution in [3.63, 3.8) is 0 Å². The number of ether oxygens (including phenoxy) is 1. The molecule has 0 spiro atoms. The summed E-state index contributed by atoms with van der Waals surface area (Å²) in [6, 6.07) is 0. The fraction of sp³-hybridized carbons (Fsp3) is 0.909. The van der Waals surface area contributed by atoms with Gasteiger partial charge in [0.1, 0.15) is 0 Å². The third kappa shape index (κ3) is 3.18. The number of nitrogens with one attached hydrogen (secondary N) is 1. The highest BCUT2D eigenvalue weighted by molar-refractivity contribution is 5.81. The molecule has 0 aromatic rings. The molecule has 1 saturated carbocycles. The van der Waals surface area contributed by atoms with Gasteiger partial charge in [-0.1, -0.05) is 6.92 Å². The minimum atomic E-state index is 0.246. The Morgan fingerprint density at radius 2 is 2.13 bits per heavy atom. The van der Waals surface area contributed by atoms with Crippen LogP contribution in [0.1, 0.15) is 13.3 Å². The van der Waals surface area contributed by atoms with Crippen molar-refractivity contribution in [3.05, 3.63) is 0 Å². The Balaban J connectivity index is 1.56. The minimum Gasteiger partial charge on any atom is -0.379 e. The third-order valence-electron chi connectivity index (χ3n) is 3.28. The number of carbonyl (C=O) groups is 1. The summed E-state index contributed by atoms with van der Waals surface area (Å²) < 4.78 is 5.26. The first-order valence-corrected chi connectivity index (χ1v) is 5.85. The molecule has 2 aliphatic rings. The molecule has 0 unspecified atom stereocenters. The van der Waals surface area contributed by atoms with Crippen LogP contribution < -0.4 is 5.32 Å². The number of hydrogen-bond acceptors (Lipinski definition) is 3. The van der Waals surface area contributed by atoms with Gasteiger partial charge >= 0.3 is 0 Å². The van der Waals surface area contributed by atoms with Crippen molar-refractivity contribution >= 4 is 5.91 Å². The van der Waals surface area contributed by atoms with E-state index in [0.717, 1.165) is 45.8 Å². The van der Waals surface area contributed by atoms with Gasteiger partial charge in [0, 0.05) is 32.1 Å². The Morgan fingerprint density at radius 3 is 2.73 bits per heavy atom. The maximum absolute atomic E-state index is 11.5. The zero-order valence-electron chi connectivity index (χ0n) is 9.37. The second-order valence-corrected chi connectivity index (χ2v) is 4.56. The fourth-order valence-corrected chi connectivity index (χ4v) is 1.98. The second kappa shape index (κ2) is 4.94. The fourth-order valence-electron chi connectivity index (χ4n) is 1.98. The number of rotatable bonds is 4. The van der Waals surface area contributed by atoms with Crippen LogP contribution in [0.5, 0.6) is 0 Å². The first-order chi connectivity index (χ1) is 7.27. The molecule has 0 aromatic carbocycles. The van der Waals surface area contributed by atoms with Crippen molar-refractivity contribution in [1.29, 1.82) is 0 Å². The summed E-state index contributed by atoms with van der Waals surface area (Å²) in [6.45, 7) is 7.51. The zero-order chi connectivity index (χ0) is 10.7. The first kappa shape index (κ1) is 10.9. The molecule has 1 aliphatic carbocycles. The van der Waals surface area contributed by atoms with Gasteiger partial charge in [-0.2, -0.15) is 0 Å². The molecule has 86 valence electrons. The van der Waals surface area contributed by atoms with Crippen molar-refractivity contribution in [2.24, 2.45) is 11.8 Å². The largest absolute Gasteiger partial charge is 0.379 e. The molecular formula is C11H20N2O2. The Hall–Kier alpha value is -0.610. The van der Waals surface area contributed by atoms with E-state index in [0.29, 0.717) is 11.8 Å². The summed E-state index contributed by atoms with van der Waals surface area (Å²) in [6.07, 6.45) is 1.07. The number of morpholine rings is 1. The van der Waals surface area contributed by atoms with E-state index in [9.17, 15) is 4.79 Å². The molecule has 1 aliphatic heterocycles. The molecule has 2 rings (SSSR count). The predicted octanol–water partition coefficient (Wildman–Crippen LogP) is 0.0908. The van der Waals surface area contributed by atoms with Gasteiger partial charge in [-0.15, -0.1) is 0 Å². The highest BCUT2D eigenvalue weighted by Gasteiger charge is 2.38. The normalized spacial score (nSPS) is 31.3. The molecular weight excluding hydrogens is 192 g/mol. The molecule has 15 heavy (non-hydrogen) atoms. The zero-order valence-corrected chi connectivity index (χ0v) is 9.37. The Morgan fingerprint density at radius 1 is 1.47 bits per heavy atom. The van der Waals surface area contributed by atoms with Crippen molar-refractivity contribution in [1.82, 2.24) is 10.2 Å². The summed E-state index contributed by atoms with van der Waals surface area (Å²) in [7, 11) is 0. The smallest absolute Gasteiger partial charge is 0.223 e. The SMILES string of the molecule is C[C@@H]1C[C@@H]1C(=O)NCCN1CCOCC1. The molecule has 1 N–H and O–H groups in total. The lowest BCUT2D eigenvalue weighted by atomic mass is 10.3. The van der Waals surface area contributed by atoms with Gasteiger partial charge in [0.2, 0.25) is 5.91 Å². The number of amides is 1. The molecule has 0 bridgehead atoms.